The van der Waals surface area contributed by atoms with Gasteiger partial charge in [0, 0.05) is 5.69 Å². The van der Waals surface area contributed by atoms with E-state index in [-0.39, 0.29) is 0 Å². The van der Waals surface area contributed by atoms with Gasteiger partial charge >= 0.3 is 0 Å². The fraction of sp³-hybridized carbons (Fsp3) is 0.294. The van der Waals surface area contributed by atoms with E-state index in [2.05, 4.69) is 18.2 Å². The molecule has 0 radical (unpaired) electrons. The molecule has 0 fully saturated rings. The van der Waals surface area contributed by atoms with E-state index in [1.54, 1.807) is 0 Å². The topological polar surface area (TPSA) is 35.2 Å². The molecule has 98 valence electrons. The number of fused-ring (bicyclic) bond motifs is 1. The highest BCUT2D eigenvalue weighted by atomic mass is 16.5. The average molecular weight is 253 g/mol. The third-order valence-electron chi connectivity index (χ3n) is 3.75. The number of hydrogen-bond acceptors (Lipinski definition) is 2. The number of nitrogens with two attached hydrogens (primary N) is 1. The number of rotatable bonds is 2. The van der Waals surface area contributed by atoms with Crippen molar-refractivity contribution < 1.29 is 4.74 Å². The van der Waals surface area contributed by atoms with Crippen molar-refractivity contribution in [2.24, 2.45) is 0 Å². The van der Waals surface area contributed by atoms with Gasteiger partial charge in [-0.2, -0.15) is 0 Å². The summed E-state index contributed by atoms with van der Waals surface area (Å²) in [6.45, 7) is 2.02. The highest BCUT2D eigenvalue weighted by molar-refractivity contribution is 5.49. The van der Waals surface area contributed by atoms with E-state index in [1.807, 2.05) is 25.1 Å². The molecule has 0 spiro atoms. The molecule has 0 atom stereocenters. The Labute approximate surface area is 114 Å². The van der Waals surface area contributed by atoms with Gasteiger partial charge in [-0.1, -0.05) is 6.07 Å². The fourth-order valence-electron chi connectivity index (χ4n) is 2.69. The molecular formula is C17H19NO. The first-order chi connectivity index (χ1) is 9.22. The van der Waals surface area contributed by atoms with Gasteiger partial charge in [-0.05, 0) is 79.6 Å². The lowest BCUT2D eigenvalue weighted by Gasteiger charge is -2.17. The molecular weight excluding hydrogens is 234 g/mol. The maximum atomic E-state index is 5.97. The van der Waals surface area contributed by atoms with Crippen molar-refractivity contribution in [3.8, 4) is 11.5 Å². The van der Waals surface area contributed by atoms with Crippen molar-refractivity contribution in [2.75, 3.05) is 5.73 Å². The average Bonchev–Trinajstić information content (AvgIpc) is 2.42. The monoisotopic (exact) mass is 253 g/mol. The Bertz CT molecular complexity index is 604. The standard InChI is InChI=1S/C17H19NO/c1-12-10-15(18)7-9-17(12)19-16-8-6-13-4-2-3-5-14(13)11-16/h6-11H,2-5,18H2,1H3. The Morgan fingerprint density at radius 3 is 2.53 bits per heavy atom. The Kier molecular flexibility index (Phi) is 3.16. The number of nitrogen functional groups attached to an aromatic ring is 1. The van der Waals surface area contributed by atoms with Crippen LogP contribution in [0.25, 0.3) is 0 Å². The summed E-state index contributed by atoms with van der Waals surface area (Å²) in [5.74, 6) is 1.80. The Hall–Kier alpha value is -1.96. The molecule has 2 heteroatoms. The maximum Gasteiger partial charge on any atom is 0.130 e. The van der Waals surface area contributed by atoms with Crippen molar-refractivity contribution in [1.29, 1.82) is 0 Å². The van der Waals surface area contributed by atoms with Crippen molar-refractivity contribution >= 4 is 5.69 Å². The molecule has 0 unspecified atom stereocenters. The molecule has 1 aliphatic rings. The van der Waals surface area contributed by atoms with Gasteiger partial charge in [0.2, 0.25) is 0 Å². The highest BCUT2D eigenvalue weighted by Crippen LogP contribution is 2.30. The van der Waals surface area contributed by atoms with E-state index < -0.39 is 0 Å². The van der Waals surface area contributed by atoms with Crippen molar-refractivity contribution in [2.45, 2.75) is 32.6 Å². The van der Waals surface area contributed by atoms with E-state index >= 15 is 0 Å². The Balaban J connectivity index is 1.87. The van der Waals surface area contributed by atoms with Crippen LogP contribution >= 0.6 is 0 Å². The van der Waals surface area contributed by atoms with Crippen LogP contribution in [0, 0.1) is 6.92 Å². The predicted octanol–water partition coefficient (Wildman–Crippen LogP) is 4.25. The molecule has 0 bridgehead atoms. The van der Waals surface area contributed by atoms with E-state index in [1.165, 1.54) is 36.8 Å². The van der Waals surface area contributed by atoms with Crippen molar-refractivity contribution in [3.05, 3.63) is 53.1 Å². The van der Waals surface area contributed by atoms with E-state index in [9.17, 15) is 0 Å². The van der Waals surface area contributed by atoms with Crippen LogP contribution in [0.3, 0.4) is 0 Å². The van der Waals surface area contributed by atoms with Crippen LogP contribution < -0.4 is 10.5 Å². The summed E-state index contributed by atoms with van der Waals surface area (Å²) in [6.07, 6.45) is 4.98. The second kappa shape index (κ2) is 4.96. The van der Waals surface area contributed by atoms with Crippen LogP contribution in [0.1, 0.15) is 29.5 Å². The molecule has 19 heavy (non-hydrogen) atoms. The summed E-state index contributed by atoms with van der Waals surface area (Å²) >= 11 is 0. The first-order valence-electron chi connectivity index (χ1n) is 6.88. The molecule has 2 nitrogen and oxygen atoms in total. The molecule has 1 aliphatic carbocycles. The number of aryl methyl sites for hydroxylation is 3. The van der Waals surface area contributed by atoms with E-state index in [4.69, 9.17) is 10.5 Å². The van der Waals surface area contributed by atoms with E-state index in [0.717, 1.165) is 22.7 Å². The molecule has 2 N–H and O–H groups in total. The van der Waals surface area contributed by atoms with Crippen LogP contribution in [-0.4, -0.2) is 0 Å². The maximum absolute atomic E-state index is 5.97. The first kappa shape index (κ1) is 12.1. The van der Waals surface area contributed by atoms with Gasteiger partial charge in [-0.25, -0.2) is 0 Å². The smallest absolute Gasteiger partial charge is 0.130 e. The molecule has 0 saturated heterocycles. The van der Waals surface area contributed by atoms with Crippen LogP contribution in [0.4, 0.5) is 5.69 Å². The first-order valence-corrected chi connectivity index (χ1v) is 6.88. The zero-order chi connectivity index (χ0) is 13.2. The van der Waals surface area contributed by atoms with Gasteiger partial charge < -0.3 is 10.5 Å². The van der Waals surface area contributed by atoms with Gasteiger partial charge in [0.25, 0.3) is 0 Å². The summed E-state index contributed by atoms with van der Waals surface area (Å²) in [5.41, 5.74) is 10.5. The van der Waals surface area contributed by atoms with Gasteiger partial charge in [0.15, 0.2) is 0 Å². The van der Waals surface area contributed by atoms with Gasteiger partial charge in [-0.15, -0.1) is 0 Å². The van der Waals surface area contributed by atoms with Crippen LogP contribution in [0.5, 0.6) is 11.5 Å². The predicted molar refractivity (Wildman–Crippen MR) is 78.7 cm³/mol. The minimum Gasteiger partial charge on any atom is -0.457 e. The molecule has 2 aromatic carbocycles. The molecule has 0 aliphatic heterocycles. The van der Waals surface area contributed by atoms with Crippen LogP contribution in [-0.2, 0) is 12.8 Å². The summed E-state index contributed by atoms with van der Waals surface area (Å²) in [6, 6.07) is 12.2. The zero-order valence-electron chi connectivity index (χ0n) is 11.3. The van der Waals surface area contributed by atoms with Crippen molar-refractivity contribution in [1.82, 2.24) is 0 Å². The highest BCUT2D eigenvalue weighted by Gasteiger charge is 2.10. The van der Waals surface area contributed by atoms with Crippen LogP contribution in [0.15, 0.2) is 36.4 Å². The Morgan fingerprint density at radius 2 is 1.74 bits per heavy atom. The molecule has 0 aromatic heterocycles. The number of anilines is 1. The minimum absolute atomic E-state index is 0.773. The lowest BCUT2D eigenvalue weighted by Crippen LogP contribution is -2.02. The third kappa shape index (κ3) is 2.58. The number of hydrogen-bond donors (Lipinski definition) is 1. The summed E-state index contributed by atoms with van der Waals surface area (Å²) < 4.78 is 5.97. The zero-order valence-corrected chi connectivity index (χ0v) is 11.3. The summed E-state index contributed by atoms with van der Waals surface area (Å²) in [4.78, 5) is 0. The van der Waals surface area contributed by atoms with Crippen molar-refractivity contribution in [3.63, 3.8) is 0 Å². The largest absolute Gasteiger partial charge is 0.457 e. The minimum atomic E-state index is 0.773. The molecule has 0 amide bonds. The van der Waals surface area contributed by atoms with Gasteiger partial charge in [-0.3, -0.25) is 0 Å². The fourth-order valence-corrected chi connectivity index (χ4v) is 2.69. The normalized spacial score (nSPS) is 13.9. The lowest BCUT2D eigenvalue weighted by molar-refractivity contribution is 0.477. The van der Waals surface area contributed by atoms with Gasteiger partial charge in [0.05, 0.1) is 0 Å². The van der Waals surface area contributed by atoms with Gasteiger partial charge in [0.1, 0.15) is 11.5 Å². The molecule has 3 rings (SSSR count). The molecule has 0 heterocycles. The summed E-state index contributed by atoms with van der Waals surface area (Å²) in [5, 5.41) is 0. The number of benzene rings is 2. The lowest BCUT2D eigenvalue weighted by atomic mass is 9.92. The third-order valence-corrected chi connectivity index (χ3v) is 3.75. The molecule has 0 saturated carbocycles. The second-order valence-electron chi connectivity index (χ2n) is 5.26. The second-order valence-corrected chi connectivity index (χ2v) is 5.26. The quantitative estimate of drug-likeness (QED) is 0.812. The SMILES string of the molecule is Cc1cc(N)ccc1Oc1ccc2c(c1)CCCC2. The Morgan fingerprint density at radius 1 is 0.947 bits per heavy atom. The molecule has 2 aromatic rings. The van der Waals surface area contributed by atoms with Crippen LogP contribution in [0.2, 0.25) is 0 Å². The summed E-state index contributed by atoms with van der Waals surface area (Å²) in [7, 11) is 0. The number of ether oxygens (including phenoxy) is 1. The van der Waals surface area contributed by atoms with E-state index in [0.29, 0.717) is 0 Å².